The molecule has 0 spiro atoms. The van der Waals surface area contributed by atoms with Crippen molar-refractivity contribution in [1.82, 2.24) is 16.0 Å². The van der Waals surface area contributed by atoms with Crippen LogP contribution < -0.4 is 16.0 Å². The molecule has 0 aromatic carbocycles. The molecule has 122 valence electrons. The second kappa shape index (κ2) is 9.20. The third kappa shape index (κ3) is 10.6. The fraction of sp³-hybridized carbons (Fsp3) is 0.786. The number of carbonyl (C=O) groups is 3. The van der Waals surface area contributed by atoms with Gasteiger partial charge in [0.25, 0.3) is 0 Å². The molecule has 7 nitrogen and oxygen atoms in total. The van der Waals surface area contributed by atoms with E-state index in [2.05, 4.69) is 16.0 Å². The molecule has 0 rings (SSSR count). The van der Waals surface area contributed by atoms with Crippen LogP contribution in [0.25, 0.3) is 0 Å². The Bertz CT molecular complexity index is 364. The fourth-order valence-corrected chi connectivity index (χ4v) is 1.75. The molecular formula is C14H27N3O4. The smallest absolute Gasteiger partial charge is 0.315 e. The molecule has 0 aliphatic heterocycles. The Morgan fingerprint density at radius 3 is 2.19 bits per heavy atom. The fourth-order valence-electron chi connectivity index (χ4n) is 1.75. The third-order valence-corrected chi connectivity index (χ3v) is 2.70. The minimum absolute atomic E-state index is 0.0367. The van der Waals surface area contributed by atoms with Crippen molar-refractivity contribution >= 4 is 17.9 Å². The van der Waals surface area contributed by atoms with Gasteiger partial charge in [-0.2, -0.15) is 0 Å². The summed E-state index contributed by atoms with van der Waals surface area (Å²) in [5.74, 6) is -1.85. The van der Waals surface area contributed by atoms with E-state index in [4.69, 9.17) is 5.11 Å². The summed E-state index contributed by atoms with van der Waals surface area (Å²) in [6, 6.07) is -0.540. The lowest BCUT2D eigenvalue weighted by Crippen LogP contribution is -2.44. The summed E-state index contributed by atoms with van der Waals surface area (Å²) in [4.78, 5) is 33.9. The highest BCUT2D eigenvalue weighted by atomic mass is 16.4. The van der Waals surface area contributed by atoms with Crippen molar-refractivity contribution in [2.75, 3.05) is 19.6 Å². The quantitative estimate of drug-likeness (QED) is 0.535. The normalized spacial score (nSPS) is 12.4. The second-order valence-electron chi connectivity index (χ2n) is 6.21. The summed E-state index contributed by atoms with van der Waals surface area (Å²) < 4.78 is 0. The second-order valence-corrected chi connectivity index (χ2v) is 6.21. The van der Waals surface area contributed by atoms with E-state index in [1.807, 2.05) is 27.7 Å². The van der Waals surface area contributed by atoms with Gasteiger partial charge in [-0.05, 0) is 18.3 Å². The van der Waals surface area contributed by atoms with E-state index in [1.165, 1.54) is 0 Å². The highest BCUT2D eigenvalue weighted by molar-refractivity contribution is 5.84. The highest BCUT2D eigenvalue weighted by Gasteiger charge is 2.24. The monoisotopic (exact) mass is 301 g/mol. The number of urea groups is 1. The standard InChI is InChI=1S/C14H27N3O4/c1-5-6-15-11(18)9-17-13(21)16-8-10(12(19)20)7-14(2,3)4/h10H,5-9H2,1-4H3,(H,15,18)(H,19,20)(H2,16,17,21). The van der Waals surface area contributed by atoms with Crippen LogP contribution in [0.5, 0.6) is 0 Å². The van der Waals surface area contributed by atoms with Gasteiger partial charge in [0.15, 0.2) is 0 Å². The molecule has 0 fully saturated rings. The van der Waals surface area contributed by atoms with E-state index < -0.39 is 17.9 Å². The van der Waals surface area contributed by atoms with Crippen molar-refractivity contribution in [3.8, 4) is 0 Å². The lowest BCUT2D eigenvalue weighted by molar-refractivity contribution is -0.142. The maximum Gasteiger partial charge on any atom is 0.315 e. The van der Waals surface area contributed by atoms with Gasteiger partial charge in [-0.15, -0.1) is 0 Å². The molecule has 7 heteroatoms. The van der Waals surface area contributed by atoms with Crippen molar-refractivity contribution in [3.05, 3.63) is 0 Å². The van der Waals surface area contributed by atoms with E-state index in [9.17, 15) is 14.4 Å². The molecule has 0 heterocycles. The Hall–Kier alpha value is -1.79. The van der Waals surface area contributed by atoms with Crippen LogP contribution in [0.4, 0.5) is 4.79 Å². The number of rotatable bonds is 8. The largest absolute Gasteiger partial charge is 0.481 e. The van der Waals surface area contributed by atoms with Gasteiger partial charge >= 0.3 is 12.0 Å². The average molecular weight is 301 g/mol. The van der Waals surface area contributed by atoms with Gasteiger partial charge in [0.2, 0.25) is 5.91 Å². The molecule has 4 N–H and O–H groups in total. The number of amides is 3. The van der Waals surface area contributed by atoms with Crippen LogP contribution in [0, 0.1) is 11.3 Å². The zero-order valence-electron chi connectivity index (χ0n) is 13.3. The van der Waals surface area contributed by atoms with Crippen LogP contribution in [-0.2, 0) is 9.59 Å². The summed E-state index contributed by atoms with van der Waals surface area (Å²) in [6.45, 7) is 8.25. The summed E-state index contributed by atoms with van der Waals surface area (Å²) >= 11 is 0. The Morgan fingerprint density at radius 1 is 1.10 bits per heavy atom. The number of hydrogen-bond donors (Lipinski definition) is 4. The van der Waals surface area contributed by atoms with Crippen molar-refractivity contribution in [1.29, 1.82) is 0 Å². The predicted octanol–water partition coefficient (Wildman–Crippen LogP) is 0.949. The molecule has 1 unspecified atom stereocenters. The van der Waals surface area contributed by atoms with Gasteiger partial charge in [-0.1, -0.05) is 27.7 Å². The maximum atomic E-state index is 11.5. The summed E-state index contributed by atoms with van der Waals surface area (Å²) in [5, 5.41) is 16.6. The number of aliphatic carboxylic acids is 1. The average Bonchev–Trinajstić information content (AvgIpc) is 2.37. The molecule has 0 aliphatic carbocycles. The van der Waals surface area contributed by atoms with Crippen molar-refractivity contribution in [2.45, 2.75) is 40.5 Å². The number of carboxylic acids is 1. The van der Waals surface area contributed by atoms with Crippen molar-refractivity contribution in [3.63, 3.8) is 0 Å². The minimum Gasteiger partial charge on any atom is -0.481 e. The van der Waals surface area contributed by atoms with Gasteiger partial charge in [0.05, 0.1) is 12.5 Å². The number of hydrogen-bond acceptors (Lipinski definition) is 3. The summed E-state index contributed by atoms with van der Waals surface area (Å²) in [7, 11) is 0. The lowest BCUT2D eigenvalue weighted by Gasteiger charge is -2.23. The van der Waals surface area contributed by atoms with E-state index >= 15 is 0 Å². The Kier molecular flexibility index (Phi) is 8.42. The van der Waals surface area contributed by atoms with Crippen LogP contribution in [-0.4, -0.2) is 42.6 Å². The molecule has 0 bridgehead atoms. The zero-order valence-corrected chi connectivity index (χ0v) is 13.3. The molecule has 0 saturated carbocycles. The number of carboxylic acid groups (broad SMARTS) is 1. The molecule has 0 saturated heterocycles. The molecular weight excluding hydrogens is 274 g/mol. The van der Waals surface area contributed by atoms with Crippen LogP contribution in [0.2, 0.25) is 0 Å². The first-order valence-corrected chi connectivity index (χ1v) is 7.17. The number of nitrogens with one attached hydrogen (secondary N) is 3. The molecule has 0 radical (unpaired) electrons. The third-order valence-electron chi connectivity index (χ3n) is 2.70. The molecule has 3 amide bonds. The van der Waals surface area contributed by atoms with E-state index in [1.54, 1.807) is 0 Å². The van der Waals surface area contributed by atoms with Crippen LogP contribution >= 0.6 is 0 Å². The van der Waals surface area contributed by atoms with E-state index in [0.29, 0.717) is 13.0 Å². The van der Waals surface area contributed by atoms with Crippen molar-refractivity contribution < 1.29 is 19.5 Å². The van der Waals surface area contributed by atoms with Crippen LogP contribution in [0.15, 0.2) is 0 Å². The lowest BCUT2D eigenvalue weighted by atomic mass is 9.84. The topological polar surface area (TPSA) is 108 Å². The summed E-state index contributed by atoms with van der Waals surface area (Å²) in [5.41, 5.74) is -0.138. The Labute approximate surface area is 125 Å². The maximum absolute atomic E-state index is 11.5. The Morgan fingerprint density at radius 2 is 1.71 bits per heavy atom. The van der Waals surface area contributed by atoms with E-state index in [-0.39, 0.29) is 24.4 Å². The molecule has 0 aliphatic rings. The molecule has 0 aromatic heterocycles. The van der Waals surface area contributed by atoms with Crippen LogP contribution in [0.1, 0.15) is 40.5 Å². The zero-order chi connectivity index (χ0) is 16.5. The van der Waals surface area contributed by atoms with Crippen LogP contribution in [0.3, 0.4) is 0 Å². The van der Waals surface area contributed by atoms with Gasteiger partial charge in [-0.25, -0.2) is 4.79 Å². The SMILES string of the molecule is CCCNC(=O)CNC(=O)NCC(CC(C)(C)C)C(=O)O. The van der Waals surface area contributed by atoms with Gasteiger partial charge in [0.1, 0.15) is 0 Å². The van der Waals surface area contributed by atoms with Gasteiger partial charge in [0, 0.05) is 13.1 Å². The molecule has 21 heavy (non-hydrogen) atoms. The molecule has 1 atom stereocenters. The van der Waals surface area contributed by atoms with Crippen molar-refractivity contribution in [2.24, 2.45) is 11.3 Å². The minimum atomic E-state index is -0.939. The summed E-state index contributed by atoms with van der Waals surface area (Å²) in [6.07, 6.45) is 1.28. The van der Waals surface area contributed by atoms with Gasteiger partial charge in [-0.3, -0.25) is 9.59 Å². The van der Waals surface area contributed by atoms with E-state index in [0.717, 1.165) is 6.42 Å². The van der Waals surface area contributed by atoms with Gasteiger partial charge < -0.3 is 21.1 Å². The predicted molar refractivity (Wildman–Crippen MR) is 79.9 cm³/mol. The Balaban J connectivity index is 4.09. The first kappa shape index (κ1) is 19.2. The highest BCUT2D eigenvalue weighted by Crippen LogP contribution is 2.24. The first-order valence-electron chi connectivity index (χ1n) is 7.17. The molecule has 0 aromatic rings. The first-order chi connectivity index (χ1) is 9.65. The number of carbonyl (C=O) groups excluding carboxylic acids is 2.